The van der Waals surface area contributed by atoms with Gasteiger partial charge in [-0.15, -0.1) is 0 Å². The Labute approximate surface area is 123 Å². The molecular formula is C16H16N4O. The molecule has 21 heavy (non-hydrogen) atoms. The second-order valence-electron chi connectivity index (χ2n) is 4.92. The van der Waals surface area contributed by atoms with Gasteiger partial charge in [0.1, 0.15) is 5.84 Å². The Bertz CT molecular complexity index is 640. The molecular weight excluding hydrogens is 264 g/mol. The second-order valence-corrected chi connectivity index (χ2v) is 4.92. The van der Waals surface area contributed by atoms with Crippen molar-refractivity contribution >= 4 is 11.7 Å². The first-order valence-electron chi connectivity index (χ1n) is 6.87. The summed E-state index contributed by atoms with van der Waals surface area (Å²) in [5.41, 5.74) is 7.35. The molecule has 1 aliphatic heterocycles. The lowest BCUT2D eigenvalue weighted by Crippen LogP contribution is -2.41. The first-order chi connectivity index (χ1) is 10.3. The predicted molar refractivity (Wildman–Crippen MR) is 80.9 cm³/mol. The number of aliphatic imine (C=N–C) groups is 1. The molecule has 2 heterocycles. The minimum atomic E-state index is -0.214. The highest BCUT2D eigenvalue weighted by molar-refractivity contribution is 5.96. The number of pyridine rings is 1. The van der Waals surface area contributed by atoms with Gasteiger partial charge >= 0.3 is 0 Å². The zero-order valence-electron chi connectivity index (χ0n) is 11.5. The standard InChI is InChI=1S/C16H16N4O/c21-16(13-7-4-8-17-10-13)20-19-15-9-14(11-18-15)12-5-2-1-3-6-12/h1-8,10,14H,9,11H2,(H,18,19)(H,20,21). The van der Waals surface area contributed by atoms with E-state index in [1.54, 1.807) is 18.3 Å². The summed E-state index contributed by atoms with van der Waals surface area (Å²) in [6, 6.07) is 13.7. The van der Waals surface area contributed by atoms with Crippen molar-refractivity contribution in [1.29, 1.82) is 0 Å². The molecule has 0 fully saturated rings. The molecule has 0 aliphatic carbocycles. The number of hydrogen-bond acceptors (Lipinski definition) is 4. The molecule has 0 saturated heterocycles. The van der Waals surface area contributed by atoms with Gasteiger partial charge < -0.3 is 0 Å². The molecule has 1 aliphatic rings. The van der Waals surface area contributed by atoms with E-state index in [0.717, 1.165) is 18.8 Å². The lowest BCUT2D eigenvalue weighted by Gasteiger charge is -2.10. The molecule has 0 saturated carbocycles. The van der Waals surface area contributed by atoms with Crippen molar-refractivity contribution in [2.45, 2.75) is 12.3 Å². The molecule has 2 N–H and O–H groups in total. The molecule has 0 radical (unpaired) electrons. The van der Waals surface area contributed by atoms with Crippen molar-refractivity contribution in [1.82, 2.24) is 15.8 Å². The first kappa shape index (κ1) is 13.3. The van der Waals surface area contributed by atoms with E-state index in [1.807, 2.05) is 18.2 Å². The molecule has 5 heteroatoms. The highest BCUT2D eigenvalue weighted by atomic mass is 16.2. The fourth-order valence-corrected chi connectivity index (χ4v) is 2.32. The zero-order valence-corrected chi connectivity index (χ0v) is 11.5. The minimum absolute atomic E-state index is 0.214. The van der Waals surface area contributed by atoms with Gasteiger partial charge in [0, 0.05) is 31.3 Å². The van der Waals surface area contributed by atoms with Crippen LogP contribution in [0.5, 0.6) is 0 Å². The van der Waals surface area contributed by atoms with Crippen LogP contribution >= 0.6 is 0 Å². The number of rotatable bonds is 2. The van der Waals surface area contributed by atoms with Gasteiger partial charge in [-0.25, -0.2) is 0 Å². The number of amidine groups is 1. The van der Waals surface area contributed by atoms with E-state index < -0.39 is 0 Å². The van der Waals surface area contributed by atoms with Crippen LogP contribution in [0.25, 0.3) is 0 Å². The van der Waals surface area contributed by atoms with E-state index >= 15 is 0 Å². The number of carbonyl (C=O) groups is 1. The third-order valence-corrected chi connectivity index (χ3v) is 3.46. The van der Waals surface area contributed by atoms with E-state index in [0.29, 0.717) is 11.5 Å². The predicted octanol–water partition coefficient (Wildman–Crippen LogP) is 1.90. The van der Waals surface area contributed by atoms with Gasteiger partial charge in [0.25, 0.3) is 5.91 Å². The Morgan fingerprint density at radius 1 is 1.14 bits per heavy atom. The Morgan fingerprint density at radius 3 is 2.76 bits per heavy atom. The van der Waals surface area contributed by atoms with Crippen molar-refractivity contribution in [2.24, 2.45) is 4.99 Å². The van der Waals surface area contributed by atoms with E-state index in [4.69, 9.17) is 0 Å². The lowest BCUT2D eigenvalue weighted by atomic mass is 9.98. The van der Waals surface area contributed by atoms with Gasteiger partial charge in [0.2, 0.25) is 0 Å². The molecule has 1 amide bonds. The molecule has 2 aromatic rings. The van der Waals surface area contributed by atoms with Gasteiger partial charge in [0.15, 0.2) is 0 Å². The van der Waals surface area contributed by atoms with Crippen molar-refractivity contribution in [3.8, 4) is 0 Å². The van der Waals surface area contributed by atoms with Crippen LogP contribution in [0.15, 0.2) is 59.9 Å². The summed E-state index contributed by atoms with van der Waals surface area (Å²) in [4.78, 5) is 20.2. The number of hydrogen-bond donors (Lipinski definition) is 2. The van der Waals surface area contributed by atoms with Gasteiger partial charge in [-0.1, -0.05) is 30.3 Å². The van der Waals surface area contributed by atoms with Crippen LogP contribution in [-0.4, -0.2) is 23.3 Å². The molecule has 0 bridgehead atoms. The molecule has 5 nitrogen and oxygen atoms in total. The summed E-state index contributed by atoms with van der Waals surface area (Å²) in [5.74, 6) is 0.971. The Morgan fingerprint density at radius 2 is 2.00 bits per heavy atom. The smallest absolute Gasteiger partial charge is 0.271 e. The fourth-order valence-electron chi connectivity index (χ4n) is 2.32. The third kappa shape index (κ3) is 3.25. The normalized spacial score (nSPS) is 17.1. The van der Waals surface area contributed by atoms with Crippen LogP contribution in [0.2, 0.25) is 0 Å². The van der Waals surface area contributed by atoms with E-state index in [2.05, 4.69) is 33.0 Å². The maximum Gasteiger partial charge on any atom is 0.271 e. The highest BCUT2D eigenvalue weighted by Crippen LogP contribution is 2.24. The molecule has 1 unspecified atom stereocenters. The Balaban J connectivity index is 1.53. The summed E-state index contributed by atoms with van der Waals surface area (Å²) in [5, 5.41) is 0. The Hall–Kier alpha value is -2.69. The maximum absolute atomic E-state index is 11.9. The van der Waals surface area contributed by atoms with Gasteiger partial charge in [0.05, 0.1) is 5.56 Å². The van der Waals surface area contributed by atoms with E-state index in [-0.39, 0.29) is 5.91 Å². The van der Waals surface area contributed by atoms with Crippen molar-refractivity contribution < 1.29 is 4.79 Å². The number of amides is 1. The number of carbonyl (C=O) groups excluding carboxylic acids is 1. The maximum atomic E-state index is 11.9. The molecule has 3 rings (SSSR count). The number of aromatic nitrogens is 1. The number of nitrogens with one attached hydrogen (secondary N) is 2. The van der Waals surface area contributed by atoms with Gasteiger partial charge in [-0.3, -0.25) is 25.6 Å². The average molecular weight is 280 g/mol. The van der Waals surface area contributed by atoms with Crippen LogP contribution < -0.4 is 10.9 Å². The average Bonchev–Trinajstić information content (AvgIpc) is 3.03. The van der Waals surface area contributed by atoms with Crippen LogP contribution in [0, 0.1) is 0 Å². The topological polar surface area (TPSA) is 66.4 Å². The third-order valence-electron chi connectivity index (χ3n) is 3.46. The lowest BCUT2D eigenvalue weighted by molar-refractivity contribution is 0.0943. The molecule has 0 spiro atoms. The molecule has 1 aromatic carbocycles. The minimum Gasteiger partial charge on any atom is -0.285 e. The van der Waals surface area contributed by atoms with Crippen molar-refractivity contribution in [2.75, 3.05) is 6.54 Å². The summed E-state index contributed by atoms with van der Waals surface area (Å²) in [6.07, 6.45) is 3.97. The van der Waals surface area contributed by atoms with Crippen LogP contribution in [0.3, 0.4) is 0 Å². The first-order valence-corrected chi connectivity index (χ1v) is 6.87. The van der Waals surface area contributed by atoms with Crippen LogP contribution in [0.1, 0.15) is 28.3 Å². The number of benzene rings is 1. The summed E-state index contributed by atoms with van der Waals surface area (Å²) >= 11 is 0. The second kappa shape index (κ2) is 6.17. The quantitative estimate of drug-likeness (QED) is 0.826. The van der Waals surface area contributed by atoms with Crippen LogP contribution in [-0.2, 0) is 0 Å². The fraction of sp³-hybridized carbons (Fsp3) is 0.188. The van der Waals surface area contributed by atoms with Gasteiger partial charge in [-0.2, -0.15) is 0 Å². The van der Waals surface area contributed by atoms with E-state index in [1.165, 1.54) is 11.8 Å². The van der Waals surface area contributed by atoms with Crippen LogP contribution in [0.4, 0.5) is 0 Å². The number of hydrazine groups is 1. The zero-order chi connectivity index (χ0) is 14.5. The van der Waals surface area contributed by atoms with Gasteiger partial charge in [-0.05, 0) is 17.7 Å². The summed E-state index contributed by atoms with van der Waals surface area (Å²) in [6.45, 7) is 0.745. The summed E-state index contributed by atoms with van der Waals surface area (Å²) < 4.78 is 0. The highest BCUT2D eigenvalue weighted by Gasteiger charge is 2.20. The SMILES string of the molecule is O=C(NNC1=NCC(c2ccccc2)C1)c1cccnc1. The summed E-state index contributed by atoms with van der Waals surface area (Å²) in [7, 11) is 0. The van der Waals surface area contributed by atoms with E-state index in [9.17, 15) is 4.79 Å². The molecule has 1 atom stereocenters. The monoisotopic (exact) mass is 280 g/mol. The largest absolute Gasteiger partial charge is 0.285 e. The van der Waals surface area contributed by atoms with Crippen molar-refractivity contribution in [3.63, 3.8) is 0 Å². The van der Waals surface area contributed by atoms with Crippen molar-refractivity contribution in [3.05, 3.63) is 66.0 Å². The molecule has 106 valence electrons. The Kier molecular flexibility index (Phi) is 3.91. The number of nitrogens with zero attached hydrogens (tertiary/aromatic N) is 2. The molecule has 1 aromatic heterocycles.